The summed E-state index contributed by atoms with van der Waals surface area (Å²) < 4.78 is 0.720. The van der Waals surface area contributed by atoms with Gasteiger partial charge in [0.25, 0.3) is 5.91 Å². The molecule has 2 aliphatic rings. The van der Waals surface area contributed by atoms with Gasteiger partial charge in [0.2, 0.25) is 0 Å². The van der Waals surface area contributed by atoms with E-state index in [1.807, 2.05) is 6.08 Å². The minimum atomic E-state index is 0.0917. The Labute approximate surface area is 139 Å². The molecule has 21 heavy (non-hydrogen) atoms. The van der Waals surface area contributed by atoms with E-state index in [0.29, 0.717) is 0 Å². The van der Waals surface area contributed by atoms with Gasteiger partial charge in [0, 0.05) is 16.3 Å². The van der Waals surface area contributed by atoms with Gasteiger partial charge in [-0.05, 0) is 37.5 Å². The van der Waals surface area contributed by atoms with Crippen LogP contribution in [0.3, 0.4) is 0 Å². The zero-order chi connectivity index (χ0) is 14.8. The van der Waals surface area contributed by atoms with Crippen molar-refractivity contribution in [1.82, 2.24) is 4.90 Å². The van der Waals surface area contributed by atoms with E-state index in [1.165, 1.54) is 42.3 Å². The van der Waals surface area contributed by atoms with Crippen LogP contribution in [-0.4, -0.2) is 21.7 Å². The van der Waals surface area contributed by atoms with Gasteiger partial charge in [0.1, 0.15) is 4.32 Å². The molecule has 1 aromatic heterocycles. The predicted octanol–water partition coefficient (Wildman–Crippen LogP) is 4.84. The fraction of sp³-hybridized carbons (Fsp3) is 0.500. The average molecular weight is 338 g/mol. The number of thiocarbonyl (C=S) groups is 1. The molecule has 0 spiro atoms. The van der Waals surface area contributed by atoms with E-state index in [4.69, 9.17) is 12.2 Å². The zero-order valence-corrected chi connectivity index (χ0v) is 14.6. The van der Waals surface area contributed by atoms with Gasteiger partial charge in [-0.25, -0.2) is 0 Å². The van der Waals surface area contributed by atoms with Crippen LogP contribution in [0.4, 0.5) is 0 Å². The maximum atomic E-state index is 12.5. The number of thiophene rings is 1. The van der Waals surface area contributed by atoms with E-state index >= 15 is 0 Å². The summed E-state index contributed by atoms with van der Waals surface area (Å²) in [6, 6.07) is 4.14. The molecule has 0 N–H and O–H groups in total. The summed E-state index contributed by atoms with van der Waals surface area (Å²) in [4.78, 5) is 17.4. The Balaban J connectivity index is 1.65. The Morgan fingerprint density at radius 1 is 1.38 bits per heavy atom. The smallest absolute Gasteiger partial charge is 0.266 e. The molecule has 0 radical (unpaired) electrons. The molecule has 1 aliphatic heterocycles. The van der Waals surface area contributed by atoms with Gasteiger partial charge < -0.3 is 0 Å². The fourth-order valence-electron chi connectivity index (χ4n) is 2.96. The van der Waals surface area contributed by atoms with E-state index in [2.05, 4.69) is 19.1 Å². The first-order valence-corrected chi connectivity index (χ1v) is 9.49. The molecule has 0 aromatic carbocycles. The van der Waals surface area contributed by atoms with Crippen molar-refractivity contribution in [2.24, 2.45) is 5.92 Å². The van der Waals surface area contributed by atoms with Crippen molar-refractivity contribution in [3.63, 3.8) is 0 Å². The minimum Gasteiger partial charge on any atom is -0.293 e. The van der Waals surface area contributed by atoms with Crippen LogP contribution >= 0.6 is 35.3 Å². The highest BCUT2D eigenvalue weighted by molar-refractivity contribution is 8.26. The van der Waals surface area contributed by atoms with E-state index in [0.717, 1.165) is 33.0 Å². The number of rotatable bonds is 4. The molecular weight excluding hydrogens is 318 g/mol. The van der Waals surface area contributed by atoms with E-state index < -0.39 is 0 Å². The van der Waals surface area contributed by atoms with Crippen LogP contribution in [0.25, 0.3) is 6.08 Å². The number of carbonyl (C=O) groups is 1. The second-order valence-electron chi connectivity index (χ2n) is 5.72. The number of thioether (sulfide) groups is 1. The van der Waals surface area contributed by atoms with Crippen LogP contribution in [0.2, 0.25) is 0 Å². The maximum absolute atomic E-state index is 12.5. The van der Waals surface area contributed by atoms with Gasteiger partial charge in [-0.1, -0.05) is 49.7 Å². The molecular formula is C16H19NOS3. The molecule has 2 nitrogen and oxygen atoms in total. The van der Waals surface area contributed by atoms with E-state index in [9.17, 15) is 4.79 Å². The lowest BCUT2D eigenvalue weighted by atomic mass is 10.0. The van der Waals surface area contributed by atoms with Crippen molar-refractivity contribution in [3.05, 3.63) is 26.8 Å². The molecule has 1 saturated carbocycles. The highest BCUT2D eigenvalue weighted by Crippen LogP contribution is 2.35. The quantitative estimate of drug-likeness (QED) is 0.579. The molecule has 2 heterocycles. The Kier molecular flexibility index (Phi) is 4.82. The van der Waals surface area contributed by atoms with Gasteiger partial charge in [0.05, 0.1) is 4.91 Å². The molecule has 112 valence electrons. The molecule has 1 saturated heterocycles. The molecule has 0 unspecified atom stereocenters. The summed E-state index contributed by atoms with van der Waals surface area (Å²) in [5.74, 6) is 0.882. The molecule has 2 fully saturated rings. The first kappa shape index (κ1) is 15.3. The van der Waals surface area contributed by atoms with Crippen molar-refractivity contribution >= 4 is 51.6 Å². The summed E-state index contributed by atoms with van der Waals surface area (Å²) in [5.41, 5.74) is 0. The number of amides is 1. The molecule has 3 rings (SSSR count). The minimum absolute atomic E-state index is 0.0917. The van der Waals surface area contributed by atoms with Gasteiger partial charge >= 0.3 is 0 Å². The Morgan fingerprint density at radius 3 is 2.81 bits per heavy atom. The third-order valence-corrected chi connectivity index (χ3v) is 6.47. The maximum Gasteiger partial charge on any atom is 0.266 e. The summed E-state index contributed by atoms with van der Waals surface area (Å²) in [6.45, 7) is 2.87. The standard InChI is InChI=1S/C16H19NOS3/c1-11-6-7-13(20-11)10-14-15(18)17(16(19)21-14)9-8-12-4-2-3-5-12/h6-7,10,12H,2-5,8-9H2,1H3/b14-10+. The molecule has 1 amide bonds. The van der Waals surface area contributed by atoms with Gasteiger partial charge in [-0.2, -0.15) is 0 Å². The van der Waals surface area contributed by atoms with Crippen molar-refractivity contribution < 1.29 is 4.79 Å². The normalized spacial score (nSPS) is 22.0. The first-order chi connectivity index (χ1) is 10.1. The van der Waals surface area contributed by atoms with Gasteiger partial charge in [-0.15, -0.1) is 11.3 Å². The highest BCUT2D eigenvalue weighted by Gasteiger charge is 2.32. The SMILES string of the molecule is Cc1ccc(/C=C2/SC(=S)N(CCC3CCCC3)C2=O)s1. The van der Waals surface area contributed by atoms with Gasteiger partial charge in [0.15, 0.2) is 0 Å². The molecule has 1 aliphatic carbocycles. The molecule has 1 aromatic rings. The first-order valence-electron chi connectivity index (χ1n) is 7.45. The molecule has 0 bridgehead atoms. The lowest BCUT2D eigenvalue weighted by molar-refractivity contribution is -0.122. The van der Waals surface area contributed by atoms with Crippen molar-refractivity contribution in [1.29, 1.82) is 0 Å². The second kappa shape index (κ2) is 6.63. The fourth-order valence-corrected chi connectivity index (χ4v) is 5.16. The Morgan fingerprint density at radius 2 is 2.14 bits per heavy atom. The molecule has 5 heteroatoms. The number of nitrogens with zero attached hydrogens (tertiary/aromatic N) is 1. The largest absolute Gasteiger partial charge is 0.293 e. The number of aryl methyl sites for hydroxylation is 1. The highest BCUT2D eigenvalue weighted by atomic mass is 32.2. The van der Waals surface area contributed by atoms with Crippen LogP contribution in [-0.2, 0) is 4.79 Å². The third kappa shape index (κ3) is 3.58. The van der Waals surface area contributed by atoms with Crippen LogP contribution in [0.5, 0.6) is 0 Å². The third-order valence-electron chi connectivity index (χ3n) is 4.14. The monoisotopic (exact) mass is 337 g/mol. The topological polar surface area (TPSA) is 20.3 Å². The predicted molar refractivity (Wildman–Crippen MR) is 95.5 cm³/mol. The lowest BCUT2D eigenvalue weighted by Gasteiger charge is -2.17. The lowest BCUT2D eigenvalue weighted by Crippen LogP contribution is -2.30. The zero-order valence-electron chi connectivity index (χ0n) is 12.1. The summed E-state index contributed by atoms with van der Waals surface area (Å²) in [7, 11) is 0. The van der Waals surface area contributed by atoms with E-state index in [1.54, 1.807) is 16.2 Å². The number of hydrogen-bond donors (Lipinski definition) is 0. The second-order valence-corrected chi connectivity index (χ2v) is 8.72. The van der Waals surface area contributed by atoms with Crippen LogP contribution < -0.4 is 0 Å². The van der Waals surface area contributed by atoms with Crippen molar-refractivity contribution in [2.75, 3.05) is 6.54 Å². The van der Waals surface area contributed by atoms with E-state index in [-0.39, 0.29) is 5.91 Å². The van der Waals surface area contributed by atoms with Crippen molar-refractivity contribution in [3.8, 4) is 0 Å². The average Bonchev–Trinajstić information content (AvgIpc) is 3.14. The number of hydrogen-bond acceptors (Lipinski definition) is 4. The molecule has 0 atom stereocenters. The summed E-state index contributed by atoms with van der Waals surface area (Å²) in [5, 5.41) is 0. The van der Waals surface area contributed by atoms with Crippen LogP contribution in [0, 0.1) is 12.8 Å². The van der Waals surface area contributed by atoms with Crippen LogP contribution in [0.15, 0.2) is 17.0 Å². The van der Waals surface area contributed by atoms with Crippen molar-refractivity contribution in [2.45, 2.75) is 39.0 Å². The summed E-state index contributed by atoms with van der Waals surface area (Å²) >= 11 is 8.54. The summed E-state index contributed by atoms with van der Waals surface area (Å²) in [6.07, 6.45) is 8.41. The van der Waals surface area contributed by atoms with Crippen LogP contribution in [0.1, 0.15) is 41.9 Å². The Hall–Kier alpha value is -0.650. The Bertz CT molecular complexity index is 584. The van der Waals surface area contributed by atoms with Gasteiger partial charge in [-0.3, -0.25) is 9.69 Å². The number of carbonyl (C=O) groups excluding carboxylic acids is 1.